The van der Waals surface area contributed by atoms with Gasteiger partial charge in [-0.1, -0.05) is 0 Å². The first-order valence-corrected chi connectivity index (χ1v) is 8.41. The van der Waals surface area contributed by atoms with Gasteiger partial charge in [-0.25, -0.2) is 9.18 Å². The summed E-state index contributed by atoms with van der Waals surface area (Å²) in [5.41, 5.74) is 5.95. The summed E-state index contributed by atoms with van der Waals surface area (Å²) in [5.74, 6) is -1.93. The lowest BCUT2D eigenvalue weighted by Crippen LogP contribution is -2.29. The first-order chi connectivity index (χ1) is 11.8. The summed E-state index contributed by atoms with van der Waals surface area (Å²) in [4.78, 5) is 24.1. The van der Waals surface area contributed by atoms with Crippen LogP contribution in [0.3, 0.4) is 0 Å². The number of carboxylic acids is 1. The molecule has 0 amide bonds. The number of pyridine rings is 1. The first kappa shape index (κ1) is 16.1. The Morgan fingerprint density at radius 1 is 1.44 bits per heavy atom. The molecule has 2 aliphatic carbocycles. The SMILES string of the molecule is CNC1(c2c(F)c(N)c3c(=O)c(C(=O)O)cn(C4CC4)c3c2C)CC1. The molecule has 2 saturated carbocycles. The van der Waals surface area contributed by atoms with E-state index in [9.17, 15) is 14.7 Å². The Kier molecular flexibility index (Phi) is 3.25. The van der Waals surface area contributed by atoms with Crippen LogP contribution in [-0.4, -0.2) is 22.7 Å². The van der Waals surface area contributed by atoms with Gasteiger partial charge < -0.3 is 20.7 Å². The summed E-state index contributed by atoms with van der Waals surface area (Å²) in [7, 11) is 1.79. The van der Waals surface area contributed by atoms with E-state index in [4.69, 9.17) is 5.73 Å². The molecule has 1 aromatic carbocycles. The standard InChI is InChI=1S/C18H20FN3O3/c1-8-12(18(21-2)5-6-18)13(19)14(20)11-15(8)22(9-3-4-9)7-10(16(11)23)17(24)25/h7,9,21H,3-6,20H2,1-2H3,(H,24,25). The summed E-state index contributed by atoms with van der Waals surface area (Å²) < 4.78 is 16.9. The molecule has 7 heteroatoms. The van der Waals surface area contributed by atoms with Gasteiger partial charge in [-0.05, 0) is 45.2 Å². The van der Waals surface area contributed by atoms with Gasteiger partial charge in [0.05, 0.1) is 16.6 Å². The molecule has 2 aromatic rings. The third-order valence-corrected chi connectivity index (χ3v) is 5.57. The van der Waals surface area contributed by atoms with Crippen LogP contribution >= 0.6 is 0 Å². The first-order valence-electron chi connectivity index (χ1n) is 8.41. The molecule has 0 atom stereocenters. The zero-order chi connectivity index (χ0) is 18.1. The van der Waals surface area contributed by atoms with Crippen LogP contribution in [0, 0.1) is 12.7 Å². The maximum atomic E-state index is 15.1. The van der Waals surface area contributed by atoms with Gasteiger partial charge in [0.25, 0.3) is 0 Å². The number of hydrogen-bond donors (Lipinski definition) is 3. The Labute approximate surface area is 143 Å². The molecule has 2 fully saturated rings. The van der Waals surface area contributed by atoms with E-state index in [0.29, 0.717) is 16.6 Å². The third-order valence-electron chi connectivity index (χ3n) is 5.57. The topological polar surface area (TPSA) is 97.3 Å². The lowest BCUT2D eigenvalue weighted by molar-refractivity contribution is 0.0695. The highest BCUT2D eigenvalue weighted by molar-refractivity contribution is 5.99. The lowest BCUT2D eigenvalue weighted by atomic mass is 9.93. The number of halogens is 1. The molecule has 0 bridgehead atoms. The number of nitrogens with two attached hydrogens (primary N) is 1. The Morgan fingerprint density at radius 3 is 2.56 bits per heavy atom. The van der Waals surface area contributed by atoms with Crippen molar-refractivity contribution in [1.29, 1.82) is 0 Å². The van der Waals surface area contributed by atoms with Gasteiger partial charge in [-0.3, -0.25) is 4.79 Å². The van der Waals surface area contributed by atoms with Crippen LogP contribution < -0.4 is 16.5 Å². The number of nitrogen functional groups attached to an aromatic ring is 1. The van der Waals surface area contributed by atoms with Crippen LogP contribution in [0.15, 0.2) is 11.0 Å². The van der Waals surface area contributed by atoms with E-state index in [1.54, 1.807) is 18.5 Å². The highest BCUT2D eigenvalue weighted by Gasteiger charge is 2.47. The summed E-state index contributed by atoms with van der Waals surface area (Å²) in [6, 6.07) is 0.127. The second-order valence-electron chi connectivity index (χ2n) is 7.10. The zero-order valence-electron chi connectivity index (χ0n) is 14.1. The number of nitrogens with zero attached hydrogens (tertiary/aromatic N) is 1. The van der Waals surface area contributed by atoms with Crippen molar-refractivity contribution < 1.29 is 14.3 Å². The summed E-state index contributed by atoms with van der Waals surface area (Å²) in [5, 5.41) is 12.5. The fourth-order valence-electron chi connectivity index (χ4n) is 3.90. The van der Waals surface area contributed by atoms with Crippen LogP contribution in [0.1, 0.15) is 53.2 Å². The van der Waals surface area contributed by atoms with E-state index in [0.717, 1.165) is 25.7 Å². The number of rotatable bonds is 4. The van der Waals surface area contributed by atoms with Gasteiger partial charge in [-0.15, -0.1) is 0 Å². The number of aromatic carboxylic acids is 1. The molecule has 2 aliphatic rings. The highest BCUT2D eigenvalue weighted by Crippen LogP contribution is 2.50. The molecule has 132 valence electrons. The summed E-state index contributed by atoms with van der Waals surface area (Å²) >= 11 is 0. The van der Waals surface area contributed by atoms with Gasteiger partial charge in [-0.2, -0.15) is 0 Å². The van der Waals surface area contributed by atoms with Crippen LogP contribution in [0.25, 0.3) is 10.9 Å². The van der Waals surface area contributed by atoms with Crippen molar-refractivity contribution in [2.24, 2.45) is 0 Å². The average molecular weight is 345 g/mol. The number of anilines is 1. The monoisotopic (exact) mass is 345 g/mol. The van der Waals surface area contributed by atoms with Crippen molar-refractivity contribution in [3.8, 4) is 0 Å². The normalized spacial score (nSPS) is 18.5. The van der Waals surface area contributed by atoms with E-state index in [1.807, 2.05) is 0 Å². The molecule has 0 saturated heterocycles. The van der Waals surface area contributed by atoms with Crippen LogP contribution in [0.2, 0.25) is 0 Å². The molecule has 0 spiro atoms. The van der Waals surface area contributed by atoms with E-state index < -0.39 is 22.8 Å². The van der Waals surface area contributed by atoms with Crippen LogP contribution in [0.4, 0.5) is 10.1 Å². The third kappa shape index (κ3) is 2.12. The van der Waals surface area contributed by atoms with Crippen molar-refractivity contribution in [3.05, 3.63) is 38.9 Å². The van der Waals surface area contributed by atoms with Crippen molar-refractivity contribution in [2.75, 3.05) is 12.8 Å². The fourth-order valence-corrected chi connectivity index (χ4v) is 3.90. The minimum absolute atomic E-state index is 0.0162. The number of carboxylic acid groups (broad SMARTS) is 1. The summed E-state index contributed by atoms with van der Waals surface area (Å²) in [6.45, 7) is 1.79. The molecule has 1 aromatic heterocycles. The van der Waals surface area contributed by atoms with Crippen LogP contribution in [0.5, 0.6) is 0 Å². The van der Waals surface area contributed by atoms with Crippen molar-refractivity contribution in [3.63, 3.8) is 0 Å². The Hall–Kier alpha value is -2.41. The molecule has 1 heterocycles. The quantitative estimate of drug-likeness (QED) is 0.739. The van der Waals surface area contributed by atoms with E-state index in [2.05, 4.69) is 5.32 Å². The molecule has 6 nitrogen and oxygen atoms in total. The zero-order valence-corrected chi connectivity index (χ0v) is 14.1. The van der Waals surface area contributed by atoms with E-state index in [-0.39, 0.29) is 22.7 Å². The molecule has 25 heavy (non-hydrogen) atoms. The van der Waals surface area contributed by atoms with Crippen molar-refractivity contribution in [1.82, 2.24) is 9.88 Å². The minimum atomic E-state index is -1.32. The number of hydrogen-bond acceptors (Lipinski definition) is 4. The molecule has 0 aliphatic heterocycles. The lowest BCUT2D eigenvalue weighted by Gasteiger charge is -2.23. The maximum Gasteiger partial charge on any atom is 0.341 e. The number of fused-ring (bicyclic) bond motifs is 1. The molecular formula is C18H20FN3O3. The van der Waals surface area contributed by atoms with Crippen LogP contribution in [-0.2, 0) is 5.54 Å². The van der Waals surface area contributed by atoms with Crippen molar-refractivity contribution >= 4 is 22.6 Å². The molecule has 0 unspecified atom stereocenters. The summed E-state index contributed by atoms with van der Waals surface area (Å²) in [6.07, 6.45) is 4.79. The Morgan fingerprint density at radius 2 is 2.08 bits per heavy atom. The smallest absolute Gasteiger partial charge is 0.341 e. The maximum absolute atomic E-state index is 15.1. The highest BCUT2D eigenvalue weighted by atomic mass is 19.1. The van der Waals surface area contributed by atoms with Gasteiger partial charge in [0.15, 0.2) is 5.82 Å². The number of aryl methyl sites for hydroxylation is 1. The number of benzene rings is 1. The predicted octanol–water partition coefficient (Wildman–Crippen LogP) is 2.27. The Balaban J connectivity index is 2.18. The number of aromatic nitrogens is 1. The Bertz CT molecular complexity index is 988. The molecule has 4 rings (SSSR count). The van der Waals surface area contributed by atoms with Gasteiger partial charge in [0.1, 0.15) is 5.56 Å². The number of nitrogens with one attached hydrogen (secondary N) is 1. The molecular weight excluding hydrogens is 325 g/mol. The molecule has 0 radical (unpaired) electrons. The van der Waals surface area contributed by atoms with Gasteiger partial charge >= 0.3 is 5.97 Å². The second kappa shape index (κ2) is 5.05. The largest absolute Gasteiger partial charge is 0.477 e. The average Bonchev–Trinajstić information content (AvgIpc) is 3.45. The van der Waals surface area contributed by atoms with Crippen molar-refractivity contribution in [2.45, 2.75) is 44.2 Å². The minimum Gasteiger partial charge on any atom is -0.477 e. The van der Waals surface area contributed by atoms with E-state index in [1.165, 1.54) is 6.20 Å². The fraction of sp³-hybridized carbons (Fsp3) is 0.444. The second-order valence-corrected chi connectivity index (χ2v) is 7.10. The predicted molar refractivity (Wildman–Crippen MR) is 92.5 cm³/mol. The van der Waals surface area contributed by atoms with Gasteiger partial charge in [0.2, 0.25) is 5.43 Å². The molecule has 4 N–H and O–H groups in total. The van der Waals surface area contributed by atoms with E-state index >= 15 is 4.39 Å². The number of carbonyl (C=O) groups is 1. The van der Waals surface area contributed by atoms with Gasteiger partial charge in [0, 0.05) is 23.3 Å².